The van der Waals surface area contributed by atoms with Gasteiger partial charge in [-0.15, -0.1) is 0 Å². The maximum atomic E-state index is 11.7. The summed E-state index contributed by atoms with van der Waals surface area (Å²) in [5, 5.41) is 3.92. The molecule has 2 rings (SSSR count). The number of carbonyl (C=O) groups is 1. The zero-order chi connectivity index (χ0) is 15.9. The average Bonchev–Trinajstić information content (AvgIpc) is 2.48. The summed E-state index contributed by atoms with van der Waals surface area (Å²) in [6.07, 6.45) is 1.61. The molecular formula is C18H20N2O2. The Morgan fingerprint density at radius 2 is 1.77 bits per heavy atom. The highest BCUT2D eigenvalue weighted by Gasteiger charge is 2.04. The summed E-state index contributed by atoms with van der Waals surface area (Å²) in [7, 11) is 0. The highest BCUT2D eigenvalue weighted by Crippen LogP contribution is 2.18. The van der Waals surface area contributed by atoms with E-state index in [1.54, 1.807) is 6.21 Å². The van der Waals surface area contributed by atoms with Gasteiger partial charge in [0, 0.05) is 0 Å². The number of carbonyl (C=O) groups excluding carboxylic acids is 1. The van der Waals surface area contributed by atoms with Crippen LogP contribution in [0.4, 0.5) is 0 Å². The molecule has 4 heteroatoms. The Morgan fingerprint density at radius 3 is 2.45 bits per heavy atom. The largest absolute Gasteiger partial charge is 0.483 e. The molecule has 0 aliphatic heterocycles. The molecule has 0 atom stereocenters. The summed E-state index contributed by atoms with van der Waals surface area (Å²) in [5.74, 6) is 0.423. The number of benzene rings is 2. The molecule has 0 aromatic heterocycles. The van der Waals surface area contributed by atoms with Crippen LogP contribution in [-0.4, -0.2) is 18.7 Å². The van der Waals surface area contributed by atoms with Crippen molar-refractivity contribution in [3.63, 3.8) is 0 Å². The molecule has 4 nitrogen and oxygen atoms in total. The van der Waals surface area contributed by atoms with E-state index in [4.69, 9.17) is 4.74 Å². The normalized spacial score (nSPS) is 10.7. The molecule has 1 N–H and O–H groups in total. The molecule has 0 heterocycles. The van der Waals surface area contributed by atoms with E-state index in [0.29, 0.717) is 5.75 Å². The molecule has 2 aromatic rings. The molecule has 0 radical (unpaired) electrons. The molecule has 0 fully saturated rings. The summed E-state index contributed by atoms with van der Waals surface area (Å²) >= 11 is 0. The van der Waals surface area contributed by atoms with E-state index in [1.807, 2.05) is 63.2 Å². The molecule has 0 aliphatic carbocycles. The van der Waals surface area contributed by atoms with Gasteiger partial charge in [-0.2, -0.15) is 5.10 Å². The topological polar surface area (TPSA) is 50.7 Å². The van der Waals surface area contributed by atoms with Crippen molar-refractivity contribution in [2.45, 2.75) is 20.8 Å². The Bertz CT molecular complexity index is 676. The Balaban J connectivity index is 1.81. The van der Waals surface area contributed by atoms with Crippen LogP contribution < -0.4 is 10.2 Å². The Hall–Kier alpha value is -2.62. The fourth-order valence-corrected chi connectivity index (χ4v) is 1.97. The van der Waals surface area contributed by atoms with E-state index in [2.05, 4.69) is 10.5 Å². The fraction of sp³-hybridized carbons (Fsp3) is 0.222. The molecule has 114 valence electrons. The third kappa shape index (κ3) is 4.74. The van der Waals surface area contributed by atoms with E-state index in [1.165, 1.54) is 5.56 Å². The van der Waals surface area contributed by atoms with Crippen LogP contribution in [0.2, 0.25) is 0 Å². The second kappa shape index (κ2) is 7.41. The molecule has 0 bridgehead atoms. The highest BCUT2D eigenvalue weighted by molar-refractivity contribution is 5.82. The maximum Gasteiger partial charge on any atom is 0.277 e. The van der Waals surface area contributed by atoms with Gasteiger partial charge in [0.25, 0.3) is 5.91 Å². The Morgan fingerprint density at radius 1 is 1.09 bits per heavy atom. The van der Waals surface area contributed by atoms with E-state index >= 15 is 0 Å². The van der Waals surface area contributed by atoms with Crippen LogP contribution in [0, 0.1) is 20.8 Å². The van der Waals surface area contributed by atoms with Crippen LogP contribution in [0.5, 0.6) is 5.75 Å². The number of ether oxygens (including phenoxy) is 1. The van der Waals surface area contributed by atoms with Crippen LogP contribution in [0.15, 0.2) is 47.6 Å². The van der Waals surface area contributed by atoms with Gasteiger partial charge in [-0.1, -0.05) is 47.5 Å². The van der Waals surface area contributed by atoms with Crippen LogP contribution in [0.3, 0.4) is 0 Å². The molecule has 22 heavy (non-hydrogen) atoms. The highest BCUT2D eigenvalue weighted by atomic mass is 16.5. The number of nitrogens with one attached hydrogen (secondary N) is 1. The number of hydrogen-bond donors (Lipinski definition) is 1. The molecule has 0 aliphatic rings. The monoisotopic (exact) mass is 296 g/mol. The van der Waals surface area contributed by atoms with Gasteiger partial charge in [-0.05, 0) is 38.0 Å². The molecular weight excluding hydrogens is 276 g/mol. The lowest BCUT2D eigenvalue weighted by Gasteiger charge is -2.08. The van der Waals surface area contributed by atoms with Gasteiger partial charge < -0.3 is 4.74 Å². The number of amides is 1. The number of rotatable bonds is 5. The predicted molar refractivity (Wildman–Crippen MR) is 88.3 cm³/mol. The minimum atomic E-state index is -0.289. The van der Waals surface area contributed by atoms with Crippen molar-refractivity contribution in [1.82, 2.24) is 5.43 Å². The SMILES string of the molecule is Cc1ccc(/C=N\NC(=O)COc2ccc(C)cc2C)cc1. The average molecular weight is 296 g/mol. The van der Waals surface area contributed by atoms with Gasteiger partial charge in [0.2, 0.25) is 0 Å². The van der Waals surface area contributed by atoms with Crippen molar-refractivity contribution in [3.8, 4) is 5.75 Å². The van der Waals surface area contributed by atoms with Crippen molar-refractivity contribution in [3.05, 3.63) is 64.7 Å². The second-order valence-corrected chi connectivity index (χ2v) is 5.26. The van der Waals surface area contributed by atoms with Crippen LogP contribution in [0.1, 0.15) is 22.3 Å². The van der Waals surface area contributed by atoms with Crippen molar-refractivity contribution >= 4 is 12.1 Å². The van der Waals surface area contributed by atoms with Gasteiger partial charge in [0.05, 0.1) is 6.21 Å². The van der Waals surface area contributed by atoms with Crippen molar-refractivity contribution < 1.29 is 9.53 Å². The minimum absolute atomic E-state index is 0.0604. The van der Waals surface area contributed by atoms with Gasteiger partial charge in [0.15, 0.2) is 6.61 Å². The van der Waals surface area contributed by atoms with Crippen LogP contribution in [-0.2, 0) is 4.79 Å². The lowest BCUT2D eigenvalue weighted by Crippen LogP contribution is -2.24. The van der Waals surface area contributed by atoms with E-state index in [-0.39, 0.29) is 12.5 Å². The Kier molecular flexibility index (Phi) is 5.31. The van der Waals surface area contributed by atoms with E-state index < -0.39 is 0 Å². The van der Waals surface area contributed by atoms with E-state index in [9.17, 15) is 4.79 Å². The molecule has 0 saturated heterocycles. The van der Waals surface area contributed by atoms with Gasteiger partial charge in [-0.3, -0.25) is 4.79 Å². The maximum absolute atomic E-state index is 11.7. The summed E-state index contributed by atoms with van der Waals surface area (Å²) in [6.45, 7) is 5.93. The summed E-state index contributed by atoms with van der Waals surface area (Å²) in [5.41, 5.74) is 6.74. The fourth-order valence-electron chi connectivity index (χ4n) is 1.97. The van der Waals surface area contributed by atoms with E-state index in [0.717, 1.165) is 16.7 Å². The van der Waals surface area contributed by atoms with Crippen molar-refractivity contribution in [2.75, 3.05) is 6.61 Å². The molecule has 2 aromatic carbocycles. The quantitative estimate of drug-likeness (QED) is 0.680. The molecule has 1 amide bonds. The standard InChI is InChI=1S/C18H20N2O2/c1-13-4-7-16(8-5-13)11-19-20-18(21)12-22-17-9-6-14(2)10-15(17)3/h4-11H,12H2,1-3H3,(H,20,21)/b19-11-. The predicted octanol–water partition coefficient (Wildman–Crippen LogP) is 3.14. The summed E-state index contributed by atoms with van der Waals surface area (Å²) in [4.78, 5) is 11.7. The van der Waals surface area contributed by atoms with Gasteiger partial charge in [0.1, 0.15) is 5.75 Å². The third-order valence-electron chi connectivity index (χ3n) is 3.17. The minimum Gasteiger partial charge on any atom is -0.483 e. The summed E-state index contributed by atoms with van der Waals surface area (Å²) < 4.78 is 5.49. The number of aryl methyl sites for hydroxylation is 3. The van der Waals surface area contributed by atoms with Crippen LogP contribution in [0.25, 0.3) is 0 Å². The lowest BCUT2D eigenvalue weighted by molar-refractivity contribution is -0.123. The molecule has 0 saturated carbocycles. The number of hydrazone groups is 1. The van der Waals surface area contributed by atoms with Crippen molar-refractivity contribution in [2.24, 2.45) is 5.10 Å². The zero-order valence-corrected chi connectivity index (χ0v) is 13.1. The first kappa shape index (κ1) is 15.8. The summed E-state index contributed by atoms with van der Waals surface area (Å²) in [6, 6.07) is 13.7. The first-order valence-corrected chi connectivity index (χ1v) is 7.13. The molecule has 0 spiro atoms. The van der Waals surface area contributed by atoms with Gasteiger partial charge >= 0.3 is 0 Å². The number of nitrogens with zero attached hydrogens (tertiary/aromatic N) is 1. The van der Waals surface area contributed by atoms with Gasteiger partial charge in [-0.25, -0.2) is 5.43 Å². The van der Waals surface area contributed by atoms with Crippen molar-refractivity contribution in [1.29, 1.82) is 0 Å². The first-order valence-electron chi connectivity index (χ1n) is 7.13. The molecule has 0 unspecified atom stereocenters. The Labute approximate surface area is 130 Å². The zero-order valence-electron chi connectivity index (χ0n) is 13.1. The smallest absolute Gasteiger partial charge is 0.277 e. The lowest BCUT2D eigenvalue weighted by atomic mass is 10.1. The second-order valence-electron chi connectivity index (χ2n) is 5.26. The van der Waals surface area contributed by atoms with Crippen LogP contribution >= 0.6 is 0 Å². The third-order valence-corrected chi connectivity index (χ3v) is 3.17. The first-order chi connectivity index (χ1) is 10.5. The number of hydrogen-bond acceptors (Lipinski definition) is 3.